The van der Waals surface area contributed by atoms with Gasteiger partial charge in [0.15, 0.2) is 0 Å². The Kier molecular flexibility index (Phi) is 4.48. The van der Waals surface area contributed by atoms with Gasteiger partial charge in [-0.2, -0.15) is 0 Å². The molecule has 0 spiro atoms. The van der Waals surface area contributed by atoms with E-state index in [-0.39, 0.29) is 6.10 Å². The average Bonchev–Trinajstić information content (AvgIpc) is 2.81. The zero-order valence-electron chi connectivity index (χ0n) is 13.0. The SMILES string of the molecule is CCOc1ccccc1CN1C[C@H]2C[C@@H](O)CN2C[C@H]1C. The number of aliphatic hydroxyl groups excluding tert-OH is 1. The van der Waals surface area contributed by atoms with E-state index in [1.54, 1.807) is 0 Å². The highest BCUT2D eigenvalue weighted by Gasteiger charge is 2.38. The van der Waals surface area contributed by atoms with Gasteiger partial charge in [-0.25, -0.2) is 0 Å². The summed E-state index contributed by atoms with van der Waals surface area (Å²) in [6, 6.07) is 9.35. The van der Waals surface area contributed by atoms with Crippen LogP contribution >= 0.6 is 0 Å². The predicted molar refractivity (Wildman–Crippen MR) is 83.5 cm³/mol. The van der Waals surface area contributed by atoms with Crippen molar-refractivity contribution in [2.24, 2.45) is 0 Å². The number of benzene rings is 1. The number of hydrogen-bond acceptors (Lipinski definition) is 4. The fourth-order valence-electron chi connectivity index (χ4n) is 3.65. The molecule has 0 aliphatic carbocycles. The molecule has 0 aromatic heterocycles. The van der Waals surface area contributed by atoms with Crippen LogP contribution in [0.3, 0.4) is 0 Å². The Labute approximate surface area is 127 Å². The van der Waals surface area contributed by atoms with E-state index >= 15 is 0 Å². The van der Waals surface area contributed by atoms with Crippen LogP contribution in [0.15, 0.2) is 24.3 Å². The van der Waals surface area contributed by atoms with Gasteiger partial charge in [0.25, 0.3) is 0 Å². The zero-order chi connectivity index (χ0) is 14.8. The number of ether oxygens (including phenoxy) is 1. The maximum absolute atomic E-state index is 9.86. The minimum Gasteiger partial charge on any atom is -0.494 e. The number of para-hydroxylation sites is 1. The standard InChI is InChI=1S/C17H26N2O2/c1-3-21-17-7-5-4-6-14(17)10-18-11-15-8-16(20)12-19(15)9-13(18)2/h4-7,13,15-16,20H,3,8-12H2,1-2H3/t13-,15-,16-/m1/s1. The third kappa shape index (κ3) is 3.23. The van der Waals surface area contributed by atoms with E-state index in [1.165, 1.54) is 5.56 Å². The van der Waals surface area contributed by atoms with Crippen molar-refractivity contribution in [1.29, 1.82) is 0 Å². The number of nitrogens with zero attached hydrogens (tertiary/aromatic N) is 2. The molecule has 4 nitrogen and oxygen atoms in total. The zero-order valence-corrected chi connectivity index (χ0v) is 13.0. The van der Waals surface area contributed by atoms with Crippen LogP contribution in [0, 0.1) is 0 Å². The summed E-state index contributed by atoms with van der Waals surface area (Å²) in [5.41, 5.74) is 1.26. The Bertz CT molecular complexity index is 480. The monoisotopic (exact) mass is 290 g/mol. The second kappa shape index (κ2) is 6.34. The maximum atomic E-state index is 9.86. The molecular weight excluding hydrogens is 264 g/mol. The molecule has 0 radical (unpaired) electrons. The highest BCUT2D eigenvalue weighted by Crippen LogP contribution is 2.28. The van der Waals surface area contributed by atoms with Crippen molar-refractivity contribution < 1.29 is 9.84 Å². The number of aliphatic hydroxyl groups is 1. The average molecular weight is 290 g/mol. The van der Waals surface area contributed by atoms with E-state index in [9.17, 15) is 5.11 Å². The van der Waals surface area contributed by atoms with Gasteiger partial charge in [0.1, 0.15) is 5.75 Å². The van der Waals surface area contributed by atoms with Crippen LogP contribution < -0.4 is 4.74 Å². The molecule has 2 saturated heterocycles. The summed E-state index contributed by atoms with van der Waals surface area (Å²) in [6.07, 6.45) is 0.772. The maximum Gasteiger partial charge on any atom is 0.123 e. The Morgan fingerprint density at radius 2 is 2.05 bits per heavy atom. The van der Waals surface area contributed by atoms with Gasteiger partial charge in [0.2, 0.25) is 0 Å². The molecule has 116 valence electrons. The molecule has 1 aromatic rings. The third-order valence-corrected chi connectivity index (χ3v) is 4.72. The highest BCUT2D eigenvalue weighted by molar-refractivity contribution is 5.33. The summed E-state index contributed by atoms with van der Waals surface area (Å²) in [5.74, 6) is 1.00. The fraction of sp³-hybridized carbons (Fsp3) is 0.647. The topological polar surface area (TPSA) is 35.9 Å². The van der Waals surface area contributed by atoms with Crippen molar-refractivity contribution in [3.8, 4) is 5.75 Å². The van der Waals surface area contributed by atoms with Gasteiger partial charge in [-0.3, -0.25) is 9.80 Å². The fourth-order valence-corrected chi connectivity index (χ4v) is 3.65. The van der Waals surface area contributed by atoms with Crippen LogP contribution in [0.4, 0.5) is 0 Å². The van der Waals surface area contributed by atoms with Crippen LogP contribution in [-0.2, 0) is 6.54 Å². The molecule has 0 bridgehead atoms. The Hall–Kier alpha value is -1.10. The van der Waals surface area contributed by atoms with Crippen molar-refractivity contribution in [3.05, 3.63) is 29.8 Å². The van der Waals surface area contributed by atoms with Crippen LogP contribution in [0.2, 0.25) is 0 Å². The first-order valence-corrected chi connectivity index (χ1v) is 8.04. The van der Waals surface area contributed by atoms with Crippen molar-refractivity contribution >= 4 is 0 Å². The van der Waals surface area contributed by atoms with Crippen molar-refractivity contribution in [1.82, 2.24) is 9.80 Å². The van der Waals surface area contributed by atoms with Gasteiger partial charge in [-0.15, -0.1) is 0 Å². The van der Waals surface area contributed by atoms with Gasteiger partial charge in [-0.1, -0.05) is 18.2 Å². The first-order valence-electron chi connectivity index (χ1n) is 8.04. The lowest BCUT2D eigenvalue weighted by molar-refractivity contribution is 0.0522. The lowest BCUT2D eigenvalue weighted by Gasteiger charge is -2.42. The van der Waals surface area contributed by atoms with E-state index in [2.05, 4.69) is 34.9 Å². The van der Waals surface area contributed by atoms with Crippen LogP contribution in [0.1, 0.15) is 25.8 Å². The summed E-state index contributed by atoms with van der Waals surface area (Å²) in [7, 11) is 0. The molecule has 2 heterocycles. The van der Waals surface area contributed by atoms with Crippen LogP contribution in [0.5, 0.6) is 5.75 Å². The summed E-state index contributed by atoms with van der Waals surface area (Å²) in [5, 5.41) is 9.86. The smallest absolute Gasteiger partial charge is 0.123 e. The predicted octanol–water partition coefficient (Wildman–Crippen LogP) is 1.72. The molecule has 3 rings (SSSR count). The number of rotatable bonds is 4. The summed E-state index contributed by atoms with van der Waals surface area (Å²) in [4.78, 5) is 4.97. The Morgan fingerprint density at radius 3 is 2.86 bits per heavy atom. The summed E-state index contributed by atoms with van der Waals surface area (Å²) >= 11 is 0. The van der Waals surface area contributed by atoms with Gasteiger partial charge >= 0.3 is 0 Å². The lowest BCUT2D eigenvalue weighted by Crippen LogP contribution is -2.54. The molecule has 2 fully saturated rings. The van der Waals surface area contributed by atoms with Crippen molar-refractivity contribution in [2.75, 3.05) is 26.2 Å². The number of piperazine rings is 1. The first kappa shape index (κ1) is 14.8. The molecule has 21 heavy (non-hydrogen) atoms. The summed E-state index contributed by atoms with van der Waals surface area (Å²) in [6.45, 7) is 8.88. The second-order valence-corrected chi connectivity index (χ2v) is 6.32. The first-order chi connectivity index (χ1) is 10.2. The van der Waals surface area contributed by atoms with E-state index < -0.39 is 0 Å². The van der Waals surface area contributed by atoms with Crippen molar-refractivity contribution in [2.45, 2.75) is 45.0 Å². The highest BCUT2D eigenvalue weighted by atomic mass is 16.5. The van der Waals surface area contributed by atoms with Crippen LogP contribution in [-0.4, -0.2) is 59.3 Å². The minimum absolute atomic E-state index is 0.141. The second-order valence-electron chi connectivity index (χ2n) is 6.32. The van der Waals surface area contributed by atoms with Gasteiger partial charge in [-0.05, 0) is 26.3 Å². The van der Waals surface area contributed by atoms with Gasteiger partial charge in [0, 0.05) is 43.8 Å². The van der Waals surface area contributed by atoms with E-state index in [0.29, 0.717) is 18.7 Å². The van der Waals surface area contributed by atoms with Gasteiger partial charge in [0.05, 0.1) is 12.7 Å². The van der Waals surface area contributed by atoms with Gasteiger partial charge < -0.3 is 9.84 Å². The van der Waals surface area contributed by atoms with E-state index in [1.807, 2.05) is 13.0 Å². The quantitative estimate of drug-likeness (QED) is 0.916. The normalized spacial score (nSPS) is 30.3. The molecule has 2 aliphatic rings. The molecule has 3 atom stereocenters. The van der Waals surface area contributed by atoms with E-state index in [0.717, 1.165) is 38.3 Å². The molecular formula is C17H26N2O2. The number of fused-ring (bicyclic) bond motifs is 1. The Balaban J connectivity index is 1.70. The summed E-state index contributed by atoms with van der Waals surface area (Å²) < 4.78 is 5.74. The van der Waals surface area contributed by atoms with Crippen LogP contribution in [0.25, 0.3) is 0 Å². The molecule has 0 amide bonds. The third-order valence-electron chi connectivity index (χ3n) is 4.72. The molecule has 0 unspecified atom stereocenters. The molecule has 0 saturated carbocycles. The molecule has 1 aromatic carbocycles. The molecule has 1 N–H and O–H groups in total. The Morgan fingerprint density at radius 1 is 1.24 bits per heavy atom. The largest absolute Gasteiger partial charge is 0.494 e. The molecule has 4 heteroatoms. The minimum atomic E-state index is -0.141. The van der Waals surface area contributed by atoms with E-state index in [4.69, 9.17) is 4.74 Å². The number of hydrogen-bond donors (Lipinski definition) is 1. The lowest BCUT2D eigenvalue weighted by atomic mass is 10.1. The van der Waals surface area contributed by atoms with Crippen molar-refractivity contribution in [3.63, 3.8) is 0 Å². The molecule has 2 aliphatic heterocycles.